The zero-order chi connectivity index (χ0) is 13.5. The molecule has 0 aromatic heterocycles. The minimum Gasteiger partial charge on any atom is -0.480 e. The highest BCUT2D eigenvalue weighted by molar-refractivity contribution is 5.85. The fourth-order valence-corrected chi connectivity index (χ4v) is 2.66. The number of hydrogen-bond donors (Lipinski definition) is 3. The Morgan fingerprint density at radius 1 is 1.39 bits per heavy atom. The van der Waals surface area contributed by atoms with Crippen LogP contribution in [0.3, 0.4) is 0 Å². The van der Waals surface area contributed by atoms with Crippen molar-refractivity contribution < 1.29 is 14.7 Å². The van der Waals surface area contributed by atoms with Crippen LogP contribution in [0.2, 0.25) is 0 Å². The molecule has 0 aliphatic heterocycles. The molecule has 0 aromatic rings. The summed E-state index contributed by atoms with van der Waals surface area (Å²) < 4.78 is 0. The SMILES string of the molecule is CCCC(NC(=O)C1CCCCC1CN)C(=O)O. The summed E-state index contributed by atoms with van der Waals surface area (Å²) in [5.41, 5.74) is 5.68. The van der Waals surface area contributed by atoms with Crippen LogP contribution >= 0.6 is 0 Å². The third-order valence-corrected chi connectivity index (χ3v) is 3.74. The molecule has 1 aliphatic rings. The fraction of sp³-hybridized carbons (Fsp3) is 0.846. The number of hydrogen-bond acceptors (Lipinski definition) is 3. The highest BCUT2D eigenvalue weighted by Crippen LogP contribution is 2.29. The maximum Gasteiger partial charge on any atom is 0.326 e. The minimum absolute atomic E-state index is 0.109. The molecule has 1 rings (SSSR count). The van der Waals surface area contributed by atoms with Crippen LogP contribution in [-0.4, -0.2) is 29.6 Å². The number of carboxylic acid groups (broad SMARTS) is 1. The lowest BCUT2D eigenvalue weighted by Gasteiger charge is -2.30. The molecule has 3 unspecified atom stereocenters. The van der Waals surface area contributed by atoms with Gasteiger partial charge in [-0.3, -0.25) is 4.79 Å². The average Bonchev–Trinajstić information content (AvgIpc) is 2.37. The van der Waals surface area contributed by atoms with Gasteiger partial charge in [0.2, 0.25) is 5.91 Å². The van der Waals surface area contributed by atoms with Crippen molar-refractivity contribution in [3.63, 3.8) is 0 Å². The molecule has 18 heavy (non-hydrogen) atoms. The van der Waals surface area contributed by atoms with Crippen LogP contribution in [0, 0.1) is 11.8 Å². The third kappa shape index (κ3) is 3.98. The normalized spacial score (nSPS) is 25.4. The molecule has 104 valence electrons. The van der Waals surface area contributed by atoms with Gasteiger partial charge in [0, 0.05) is 5.92 Å². The van der Waals surface area contributed by atoms with Crippen LogP contribution in [0.1, 0.15) is 45.4 Å². The van der Waals surface area contributed by atoms with E-state index in [1.165, 1.54) is 0 Å². The molecule has 3 atom stereocenters. The first-order valence-corrected chi connectivity index (χ1v) is 6.83. The van der Waals surface area contributed by atoms with Crippen LogP contribution in [0.15, 0.2) is 0 Å². The predicted molar refractivity (Wildman–Crippen MR) is 69.0 cm³/mol. The molecule has 5 heteroatoms. The molecular weight excluding hydrogens is 232 g/mol. The average molecular weight is 256 g/mol. The van der Waals surface area contributed by atoms with Crippen LogP contribution in [0.4, 0.5) is 0 Å². The number of carboxylic acids is 1. The van der Waals surface area contributed by atoms with Gasteiger partial charge < -0.3 is 16.2 Å². The van der Waals surface area contributed by atoms with E-state index in [1.54, 1.807) is 0 Å². The van der Waals surface area contributed by atoms with Crippen molar-refractivity contribution in [3.05, 3.63) is 0 Å². The second-order valence-electron chi connectivity index (χ2n) is 5.07. The standard InChI is InChI=1S/C13H24N2O3/c1-2-5-11(13(17)18)15-12(16)10-7-4-3-6-9(10)8-14/h9-11H,2-8,14H2,1H3,(H,15,16)(H,17,18). The molecule has 1 aliphatic carbocycles. The second kappa shape index (κ2) is 7.36. The van der Waals surface area contributed by atoms with E-state index >= 15 is 0 Å². The Kier molecular flexibility index (Phi) is 6.12. The van der Waals surface area contributed by atoms with Crippen LogP contribution in [-0.2, 0) is 9.59 Å². The molecule has 4 N–H and O–H groups in total. The number of nitrogens with one attached hydrogen (secondary N) is 1. The topological polar surface area (TPSA) is 92.4 Å². The van der Waals surface area contributed by atoms with Gasteiger partial charge in [-0.15, -0.1) is 0 Å². The molecule has 5 nitrogen and oxygen atoms in total. The summed E-state index contributed by atoms with van der Waals surface area (Å²) in [4.78, 5) is 23.1. The zero-order valence-corrected chi connectivity index (χ0v) is 11.0. The highest BCUT2D eigenvalue weighted by atomic mass is 16.4. The first-order valence-electron chi connectivity index (χ1n) is 6.83. The molecule has 0 heterocycles. The van der Waals surface area contributed by atoms with E-state index in [1.807, 2.05) is 6.92 Å². The molecule has 0 radical (unpaired) electrons. The van der Waals surface area contributed by atoms with Crippen molar-refractivity contribution in [1.82, 2.24) is 5.32 Å². The monoisotopic (exact) mass is 256 g/mol. The van der Waals surface area contributed by atoms with E-state index in [2.05, 4.69) is 5.32 Å². The molecular formula is C13H24N2O3. The van der Waals surface area contributed by atoms with Crippen molar-refractivity contribution in [2.45, 2.75) is 51.5 Å². The number of carbonyl (C=O) groups excluding carboxylic acids is 1. The lowest BCUT2D eigenvalue weighted by molar-refractivity contribution is -0.143. The first kappa shape index (κ1) is 15.0. The lowest BCUT2D eigenvalue weighted by Crippen LogP contribution is -2.46. The molecule has 0 spiro atoms. The molecule has 1 saturated carbocycles. The Hall–Kier alpha value is -1.10. The second-order valence-corrected chi connectivity index (χ2v) is 5.07. The van der Waals surface area contributed by atoms with Gasteiger partial charge in [-0.05, 0) is 31.7 Å². The summed E-state index contributed by atoms with van der Waals surface area (Å²) in [7, 11) is 0. The maximum atomic E-state index is 12.1. The maximum absolute atomic E-state index is 12.1. The molecule has 1 amide bonds. The van der Waals surface area contributed by atoms with Crippen molar-refractivity contribution >= 4 is 11.9 Å². The summed E-state index contributed by atoms with van der Waals surface area (Å²) in [5.74, 6) is -0.992. The van der Waals surface area contributed by atoms with Gasteiger partial charge in [0.15, 0.2) is 0 Å². The van der Waals surface area contributed by atoms with E-state index in [4.69, 9.17) is 10.8 Å². The summed E-state index contributed by atoms with van der Waals surface area (Å²) in [6, 6.07) is -0.761. The Labute approximate surface area is 108 Å². The minimum atomic E-state index is -0.953. The third-order valence-electron chi connectivity index (χ3n) is 3.74. The summed E-state index contributed by atoms with van der Waals surface area (Å²) >= 11 is 0. The number of aliphatic carboxylic acids is 1. The summed E-state index contributed by atoms with van der Waals surface area (Å²) in [5, 5.41) is 11.7. The molecule has 0 bridgehead atoms. The number of carbonyl (C=O) groups is 2. The Morgan fingerprint density at radius 2 is 2.06 bits per heavy atom. The number of rotatable bonds is 6. The van der Waals surface area contributed by atoms with Gasteiger partial charge in [-0.25, -0.2) is 4.79 Å². The Bertz CT molecular complexity index is 294. The van der Waals surface area contributed by atoms with Crippen molar-refractivity contribution in [2.24, 2.45) is 17.6 Å². The molecule has 0 saturated heterocycles. The zero-order valence-electron chi connectivity index (χ0n) is 11.0. The van der Waals surface area contributed by atoms with E-state index in [9.17, 15) is 9.59 Å². The summed E-state index contributed by atoms with van der Waals surface area (Å²) in [6.45, 7) is 2.41. The Morgan fingerprint density at radius 3 is 2.61 bits per heavy atom. The van der Waals surface area contributed by atoms with Gasteiger partial charge in [0.05, 0.1) is 0 Å². The van der Waals surface area contributed by atoms with Crippen molar-refractivity contribution in [3.8, 4) is 0 Å². The first-order chi connectivity index (χ1) is 8.60. The van der Waals surface area contributed by atoms with Crippen LogP contribution in [0.25, 0.3) is 0 Å². The number of amides is 1. The van der Waals surface area contributed by atoms with E-state index in [-0.39, 0.29) is 17.7 Å². The van der Waals surface area contributed by atoms with Crippen LogP contribution < -0.4 is 11.1 Å². The summed E-state index contributed by atoms with van der Waals surface area (Å²) in [6.07, 6.45) is 5.15. The lowest BCUT2D eigenvalue weighted by atomic mass is 9.78. The van der Waals surface area contributed by atoms with Crippen molar-refractivity contribution in [1.29, 1.82) is 0 Å². The van der Waals surface area contributed by atoms with Crippen molar-refractivity contribution in [2.75, 3.05) is 6.54 Å². The largest absolute Gasteiger partial charge is 0.480 e. The fourth-order valence-electron chi connectivity index (χ4n) is 2.66. The highest BCUT2D eigenvalue weighted by Gasteiger charge is 2.32. The van der Waals surface area contributed by atoms with Gasteiger partial charge in [0.1, 0.15) is 6.04 Å². The van der Waals surface area contributed by atoms with Crippen LogP contribution in [0.5, 0.6) is 0 Å². The van der Waals surface area contributed by atoms with Gasteiger partial charge >= 0.3 is 5.97 Å². The Balaban J connectivity index is 2.58. The van der Waals surface area contributed by atoms with Gasteiger partial charge in [-0.2, -0.15) is 0 Å². The van der Waals surface area contributed by atoms with E-state index in [0.29, 0.717) is 13.0 Å². The van der Waals surface area contributed by atoms with E-state index < -0.39 is 12.0 Å². The van der Waals surface area contributed by atoms with E-state index in [0.717, 1.165) is 32.1 Å². The smallest absolute Gasteiger partial charge is 0.326 e. The predicted octanol–water partition coefficient (Wildman–Crippen LogP) is 1.12. The molecule has 0 aromatic carbocycles. The van der Waals surface area contributed by atoms with Gasteiger partial charge in [-0.1, -0.05) is 26.2 Å². The van der Waals surface area contributed by atoms with Gasteiger partial charge in [0.25, 0.3) is 0 Å². The molecule has 1 fully saturated rings. The quantitative estimate of drug-likeness (QED) is 0.664. The number of nitrogens with two attached hydrogens (primary N) is 1.